The van der Waals surface area contributed by atoms with Crippen LogP contribution >= 0.6 is 15.6 Å². The Kier molecular flexibility index (Phi) is 72.5. The first-order valence-corrected chi connectivity index (χ1v) is 45.1. The van der Waals surface area contributed by atoms with Gasteiger partial charge in [0.05, 0.1) is 26.4 Å². The molecule has 0 aliphatic rings. The van der Waals surface area contributed by atoms with Crippen LogP contribution in [0.1, 0.15) is 433 Å². The van der Waals surface area contributed by atoms with Crippen LogP contribution in [0.5, 0.6) is 0 Å². The van der Waals surface area contributed by atoms with Gasteiger partial charge in [0.15, 0.2) is 12.2 Å². The molecule has 0 saturated carbocycles. The summed E-state index contributed by atoms with van der Waals surface area (Å²) in [6.07, 6.45) is 65.4. The van der Waals surface area contributed by atoms with Crippen LogP contribution in [0.4, 0.5) is 0 Å². The minimum Gasteiger partial charge on any atom is -0.462 e. The van der Waals surface area contributed by atoms with Crippen LogP contribution in [0.25, 0.3) is 0 Å². The van der Waals surface area contributed by atoms with Gasteiger partial charge in [0.1, 0.15) is 19.3 Å². The number of ether oxygens (including phenoxy) is 4. The van der Waals surface area contributed by atoms with Crippen LogP contribution in [-0.2, 0) is 65.4 Å². The van der Waals surface area contributed by atoms with Gasteiger partial charge >= 0.3 is 39.5 Å². The molecule has 0 radical (unpaired) electrons. The SMILES string of the molecule is CCCCCCCCCCCCCCCCCCCC(=O)OC[C@H](COP(=O)(O)OC[C@@H](O)COP(=O)(O)OC[C@@H](COC(=O)CCCCCCCCC)OC(=O)CCCCCCCCCCCCCCCCCCC)OC(=O)CCCCCCCCCCCCCCCCCCC(C)C. The Balaban J connectivity index is 5.17. The standard InChI is InChI=1S/C81H158O17P2/c1-6-9-12-15-18-20-22-24-26-28-33-37-41-45-50-55-60-65-79(84)92-71-77(98-81(86)67-62-57-52-47-43-39-35-31-30-32-36-40-44-49-53-58-63-74(4)5)73-96-100(89,90)94-69-75(82)68-93-99(87,88)95-72-76(70-91-78(83)64-59-54-48-17-14-11-8-3)97-80(85)66-61-56-51-46-42-38-34-29-27-25-23-21-19-16-13-10-7-2/h74-77,82H,6-73H2,1-5H3,(H,87,88)(H,89,90)/t75-,76+,77+/m0/s1. The zero-order valence-electron chi connectivity index (χ0n) is 65.3. The number of rotatable bonds is 81. The molecule has 0 bridgehead atoms. The van der Waals surface area contributed by atoms with Gasteiger partial charge in [-0.1, -0.05) is 381 Å². The molecule has 5 atom stereocenters. The molecule has 0 aliphatic heterocycles. The van der Waals surface area contributed by atoms with Crippen molar-refractivity contribution in [1.82, 2.24) is 0 Å². The third-order valence-electron chi connectivity index (χ3n) is 19.0. The minimum absolute atomic E-state index is 0.108. The number of aliphatic hydroxyl groups is 1. The highest BCUT2D eigenvalue weighted by Crippen LogP contribution is 2.45. The number of carbonyl (C=O) groups excluding carboxylic acids is 4. The largest absolute Gasteiger partial charge is 0.472 e. The lowest BCUT2D eigenvalue weighted by Crippen LogP contribution is -2.30. The minimum atomic E-state index is -4.96. The van der Waals surface area contributed by atoms with E-state index < -0.39 is 97.5 Å². The maximum atomic E-state index is 13.1. The molecular formula is C81H158O17P2. The summed E-state index contributed by atoms with van der Waals surface area (Å²) in [5, 5.41) is 10.6. The summed E-state index contributed by atoms with van der Waals surface area (Å²) < 4.78 is 68.6. The number of phosphoric ester groups is 2. The number of hydrogen-bond acceptors (Lipinski definition) is 15. The fraction of sp³-hybridized carbons (Fsp3) is 0.951. The fourth-order valence-corrected chi connectivity index (χ4v) is 14.2. The van der Waals surface area contributed by atoms with Gasteiger partial charge in [0, 0.05) is 25.7 Å². The van der Waals surface area contributed by atoms with Crippen molar-refractivity contribution >= 4 is 39.5 Å². The summed E-state index contributed by atoms with van der Waals surface area (Å²) in [6.45, 7) is 7.33. The molecule has 0 aliphatic carbocycles. The van der Waals surface area contributed by atoms with Gasteiger partial charge in [-0.3, -0.25) is 37.3 Å². The second-order valence-electron chi connectivity index (χ2n) is 29.6. The number of phosphoric acid groups is 2. The van der Waals surface area contributed by atoms with Gasteiger partial charge in [-0.05, 0) is 31.6 Å². The summed E-state index contributed by atoms with van der Waals surface area (Å²) in [7, 11) is -9.91. The molecule has 3 N–H and O–H groups in total. The molecule has 0 amide bonds. The maximum Gasteiger partial charge on any atom is 0.472 e. The van der Waals surface area contributed by atoms with E-state index in [9.17, 15) is 43.2 Å². The Bertz CT molecular complexity index is 1910. The summed E-state index contributed by atoms with van der Waals surface area (Å²) in [5.74, 6) is -1.30. The average molecular weight is 1470 g/mol. The lowest BCUT2D eigenvalue weighted by molar-refractivity contribution is -0.161. The van der Waals surface area contributed by atoms with Crippen LogP contribution in [0.3, 0.4) is 0 Å². The Morgan fingerprint density at radius 2 is 0.460 bits per heavy atom. The van der Waals surface area contributed by atoms with Crippen molar-refractivity contribution in [1.29, 1.82) is 0 Å². The summed E-state index contributed by atoms with van der Waals surface area (Å²) in [5.41, 5.74) is 0. The van der Waals surface area contributed by atoms with E-state index in [1.165, 1.54) is 244 Å². The first-order chi connectivity index (χ1) is 48.5. The predicted molar refractivity (Wildman–Crippen MR) is 409 cm³/mol. The molecule has 17 nitrogen and oxygen atoms in total. The van der Waals surface area contributed by atoms with Gasteiger partial charge in [0.2, 0.25) is 0 Å². The third-order valence-corrected chi connectivity index (χ3v) is 20.9. The van der Waals surface area contributed by atoms with Crippen LogP contribution in [0.15, 0.2) is 0 Å². The van der Waals surface area contributed by atoms with E-state index in [0.717, 1.165) is 109 Å². The maximum absolute atomic E-state index is 13.1. The number of aliphatic hydroxyl groups excluding tert-OH is 1. The van der Waals surface area contributed by atoms with E-state index in [2.05, 4.69) is 34.6 Å². The van der Waals surface area contributed by atoms with Crippen molar-refractivity contribution in [2.24, 2.45) is 5.92 Å². The molecule has 0 aromatic heterocycles. The fourth-order valence-electron chi connectivity index (χ4n) is 12.6. The Hall–Kier alpha value is -1.94. The monoisotopic (exact) mass is 1470 g/mol. The van der Waals surface area contributed by atoms with E-state index in [1.807, 2.05) is 0 Å². The molecule has 2 unspecified atom stereocenters. The van der Waals surface area contributed by atoms with Crippen molar-refractivity contribution in [3.05, 3.63) is 0 Å². The number of esters is 4. The molecule has 100 heavy (non-hydrogen) atoms. The van der Waals surface area contributed by atoms with E-state index in [1.54, 1.807) is 0 Å². The van der Waals surface area contributed by atoms with Gasteiger partial charge < -0.3 is 33.8 Å². The molecule has 19 heteroatoms. The summed E-state index contributed by atoms with van der Waals surface area (Å²) in [4.78, 5) is 72.9. The topological polar surface area (TPSA) is 237 Å². The van der Waals surface area contributed by atoms with Crippen molar-refractivity contribution < 1.29 is 80.2 Å². The van der Waals surface area contributed by atoms with E-state index in [4.69, 9.17) is 37.0 Å². The zero-order valence-corrected chi connectivity index (χ0v) is 67.1. The third kappa shape index (κ3) is 74.3. The number of unbranched alkanes of at least 4 members (excludes halogenated alkanes) is 53. The smallest absolute Gasteiger partial charge is 0.462 e. The van der Waals surface area contributed by atoms with Gasteiger partial charge in [0.25, 0.3) is 0 Å². The van der Waals surface area contributed by atoms with Crippen molar-refractivity contribution in [2.75, 3.05) is 39.6 Å². The molecule has 0 heterocycles. The number of hydrogen-bond donors (Lipinski definition) is 3. The Labute approximate surface area is 613 Å². The van der Waals surface area contributed by atoms with Crippen molar-refractivity contribution in [2.45, 2.75) is 451 Å². The van der Waals surface area contributed by atoms with Crippen LogP contribution in [-0.4, -0.2) is 96.7 Å². The summed E-state index contributed by atoms with van der Waals surface area (Å²) >= 11 is 0. The highest BCUT2D eigenvalue weighted by molar-refractivity contribution is 7.47. The molecule has 0 aromatic rings. The lowest BCUT2D eigenvalue weighted by Gasteiger charge is -2.21. The van der Waals surface area contributed by atoms with Gasteiger partial charge in [-0.2, -0.15) is 0 Å². The van der Waals surface area contributed by atoms with Crippen molar-refractivity contribution in [3.63, 3.8) is 0 Å². The summed E-state index contributed by atoms with van der Waals surface area (Å²) in [6, 6.07) is 0. The Morgan fingerprint density at radius 3 is 0.680 bits per heavy atom. The van der Waals surface area contributed by atoms with Crippen LogP contribution in [0.2, 0.25) is 0 Å². The molecule has 0 fully saturated rings. The van der Waals surface area contributed by atoms with Gasteiger partial charge in [-0.25, -0.2) is 9.13 Å². The highest BCUT2D eigenvalue weighted by Gasteiger charge is 2.30. The molecule has 0 spiro atoms. The highest BCUT2D eigenvalue weighted by atomic mass is 31.2. The molecular weight excluding hydrogens is 1310 g/mol. The first kappa shape index (κ1) is 98.1. The van der Waals surface area contributed by atoms with Crippen LogP contribution in [0, 0.1) is 5.92 Å². The quantitative estimate of drug-likeness (QED) is 0.0222. The van der Waals surface area contributed by atoms with E-state index in [0.29, 0.717) is 25.7 Å². The normalized spacial score (nSPS) is 13.8. The van der Waals surface area contributed by atoms with E-state index in [-0.39, 0.29) is 25.7 Å². The van der Waals surface area contributed by atoms with Crippen molar-refractivity contribution in [3.8, 4) is 0 Å². The average Bonchev–Trinajstić information content (AvgIpc) is 0.964. The van der Waals surface area contributed by atoms with Crippen LogP contribution < -0.4 is 0 Å². The lowest BCUT2D eigenvalue weighted by atomic mass is 10.0. The van der Waals surface area contributed by atoms with Gasteiger partial charge in [-0.15, -0.1) is 0 Å². The molecule has 0 aromatic carbocycles. The second-order valence-corrected chi connectivity index (χ2v) is 32.5. The Morgan fingerprint density at radius 1 is 0.270 bits per heavy atom. The molecule has 0 rings (SSSR count). The van der Waals surface area contributed by atoms with E-state index >= 15 is 0 Å². The second kappa shape index (κ2) is 73.9. The predicted octanol–water partition coefficient (Wildman–Crippen LogP) is 24.4. The molecule has 594 valence electrons. The number of carbonyl (C=O) groups is 4. The first-order valence-electron chi connectivity index (χ1n) is 42.1. The molecule has 0 saturated heterocycles. The zero-order chi connectivity index (χ0) is 73.4.